The maximum Gasteiger partial charge on any atom is 0.246 e. The van der Waals surface area contributed by atoms with E-state index >= 15 is 33.6 Å². The zero-order valence-corrected chi connectivity index (χ0v) is 78.4. The molecule has 18 amide bonds. The van der Waals surface area contributed by atoms with Crippen molar-refractivity contribution in [1.82, 2.24) is 88.0 Å². The van der Waals surface area contributed by atoms with Crippen LogP contribution in [0.3, 0.4) is 0 Å². The molecule has 0 spiro atoms. The predicted molar refractivity (Wildman–Crippen MR) is 498 cm³/mol. The van der Waals surface area contributed by atoms with Gasteiger partial charge in [-0.05, 0) is 129 Å². The molecule has 0 radical (unpaired) electrons. The number of carbonyl (C=O) groups excluding carboxylic acids is 18. The molecular weight excluding hydrogens is 1770 g/mol. The number of aromatic amines is 1. The topological polar surface area (TPSA) is 640 Å². The van der Waals surface area contributed by atoms with Gasteiger partial charge in [-0.3, -0.25) is 91.7 Å². The Labute approximate surface area is 784 Å². The number of carbonyl (C=O) groups is 18. The Bertz CT molecular complexity index is 5050. The number of nitrogens with zero attached hydrogens (tertiary/aromatic N) is 5. The Morgan fingerprint density at radius 2 is 1.03 bits per heavy atom. The first kappa shape index (κ1) is 106. The number of aliphatic hydroxyl groups excluding tert-OH is 1. The molecule has 3 aromatic carbocycles. The van der Waals surface area contributed by atoms with Gasteiger partial charge in [0, 0.05) is 94.2 Å². The molecule has 8 rings (SSSR count). The fraction of sp³-hybridized carbons (Fsp3) is 0.544. The summed E-state index contributed by atoms with van der Waals surface area (Å²) < 4.78 is 0.825. The average molecular weight is 1900 g/mol. The minimum atomic E-state index is -1.82. The molecule has 3 fully saturated rings. The molecular formula is C90H128N22O20S2. The van der Waals surface area contributed by atoms with Crippen molar-refractivity contribution in [1.29, 1.82) is 5.41 Å². The summed E-state index contributed by atoms with van der Waals surface area (Å²) in [6.07, 6.45) is 0.519. The second-order valence-electron chi connectivity index (χ2n) is 34.4. The first-order valence-corrected chi connectivity index (χ1v) is 47.1. The van der Waals surface area contributed by atoms with Crippen molar-refractivity contribution < 1.29 is 96.5 Å². The second kappa shape index (κ2) is 51.3. The van der Waals surface area contributed by atoms with Crippen LogP contribution in [0.5, 0.6) is 5.75 Å². The normalized spacial score (nSPS) is 24.3. The van der Waals surface area contributed by atoms with Gasteiger partial charge in [0.1, 0.15) is 90.3 Å². The molecule has 42 nitrogen and oxygen atoms in total. The Morgan fingerprint density at radius 1 is 0.515 bits per heavy atom. The SMILES string of the molecule is CCCC[C@H]1C(=O)N(C)[C@@H](CCCC)C(=O)N[C@@H](CCCNC(=N)N)C(=O)NC(C(=O)NCC(N)=O)CSCC(=O)N[C@@H](Cc2ccc(O)cc2)C(=O)N(C)[C@@H](C)C(=O)N[C@@H](CC(N)=O)C(=O)N2CCC[C@H]2C(=O)N[C@@H](CC(N)=O)C(=O)N[C@@H](CC(C)C)C(=O)N2CCC[C@H]2C(=O)N[C@@H](Cc2c[nH]c3ccccc23)C(=O)N[C@@H](CCO)C(=O)N[C@@H](Cc2csc3ccccc23)C(=O)N1C. The highest BCUT2D eigenvalue weighted by molar-refractivity contribution is 8.00. The van der Waals surface area contributed by atoms with Gasteiger partial charge < -0.3 is 121 Å². The number of benzene rings is 3. The minimum Gasteiger partial charge on any atom is -0.508 e. The van der Waals surface area contributed by atoms with Crippen molar-refractivity contribution in [2.24, 2.45) is 28.9 Å². The van der Waals surface area contributed by atoms with Gasteiger partial charge in [0.2, 0.25) is 106 Å². The summed E-state index contributed by atoms with van der Waals surface area (Å²) in [6.45, 7) is 6.78. The number of H-pyrrole nitrogens is 1. The number of phenols is 1. The van der Waals surface area contributed by atoms with Crippen LogP contribution in [0, 0.1) is 11.3 Å². The summed E-state index contributed by atoms with van der Waals surface area (Å²) in [7, 11) is 3.93. The highest BCUT2D eigenvalue weighted by atomic mass is 32.2. The lowest BCUT2D eigenvalue weighted by atomic mass is 9.99. The highest BCUT2D eigenvalue weighted by Crippen LogP contribution is 2.30. The predicted octanol–water partition coefficient (Wildman–Crippen LogP) is -1.87. The fourth-order valence-electron chi connectivity index (χ4n) is 16.5. The Morgan fingerprint density at radius 3 is 1.65 bits per heavy atom. The van der Waals surface area contributed by atoms with Crippen LogP contribution in [0.2, 0.25) is 0 Å². The van der Waals surface area contributed by atoms with Gasteiger partial charge in [-0.15, -0.1) is 23.1 Å². The third-order valence-electron chi connectivity index (χ3n) is 23.8. The molecule has 0 saturated carbocycles. The second-order valence-corrected chi connectivity index (χ2v) is 36.3. The molecule has 0 aliphatic carbocycles. The number of unbranched alkanes of at least 4 members (excludes halogenated alkanes) is 2. The lowest BCUT2D eigenvalue weighted by molar-refractivity contribution is -0.149. The first-order valence-electron chi connectivity index (χ1n) is 45.0. The maximum atomic E-state index is 15.8. The summed E-state index contributed by atoms with van der Waals surface area (Å²) in [5.74, 6) is -18.9. The van der Waals surface area contributed by atoms with Gasteiger partial charge in [-0.2, -0.15) is 0 Å². The molecule has 44 heteroatoms. The number of aliphatic hydroxyl groups is 1. The van der Waals surface area contributed by atoms with E-state index in [1.165, 1.54) is 73.5 Å². The number of aromatic hydroxyl groups is 1. The molecule has 5 aromatic rings. The molecule has 14 atom stereocenters. The van der Waals surface area contributed by atoms with Gasteiger partial charge in [0.05, 0.1) is 25.1 Å². The van der Waals surface area contributed by atoms with E-state index in [9.17, 15) is 63.0 Å². The van der Waals surface area contributed by atoms with Crippen LogP contribution in [0.4, 0.5) is 0 Å². The number of nitrogens with two attached hydrogens (primary N) is 4. The number of guanidine groups is 1. The number of para-hydroxylation sites is 1. The van der Waals surface area contributed by atoms with Crippen molar-refractivity contribution in [2.75, 3.05) is 65.4 Å². The number of thiophene rings is 1. The zero-order valence-electron chi connectivity index (χ0n) is 76.7. The fourth-order valence-corrected chi connectivity index (χ4v) is 18.3. The number of phenolic OH excluding ortho intramolecular Hbond substituents is 1. The molecule has 3 aliphatic rings. The van der Waals surface area contributed by atoms with Gasteiger partial charge >= 0.3 is 0 Å². The molecule has 1 unspecified atom stereocenters. The number of primary amides is 3. The van der Waals surface area contributed by atoms with Crippen LogP contribution >= 0.6 is 23.1 Å². The maximum absolute atomic E-state index is 15.8. The number of thioether (sulfide) groups is 1. The number of fused-ring (bicyclic) bond motifs is 4. The quantitative estimate of drug-likeness (QED) is 0.0156. The smallest absolute Gasteiger partial charge is 0.246 e. The monoisotopic (exact) mass is 1900 g/mol. The molecule has 730 valence electrons. The lowest BCUT2D eigenvalue weighted by Crippen LogP contribution is -2.61. The Hall–Kier alpha value is -13.0. The van der Waals surface area contributed by atoms with Crippen molar-refractivity contribution in [3.05, 3.63) is 101 Å². The molecule has 3 aliphatic heterocycles. The van der Waals surface area contributed by atoms with E-state index < -0.39 is 241 Å². The van der Waals surface area contributed by atoms with Crippen LogP contribution in [0.25, 0.3) is 21.0 Å². The van der Waals surface area contributed by atoms with Crippen molar-refractivity contribution in [2.45, 2.75) is 241 Å². The average Bonchev–Trinajstić information content (AvgIpc) is 1.70. The van der Waals surface area contributed by atoms with Gasteiger partial charge in [-0.1, -0.05) is 102 Å². The summed E-state index contributed by atoms with van der Waals surface area (Å²) in [4.78, 5) is 271. The summed E-state index contributed by atoms with van der Waals surface area (Å²) >= 11 is 2.12. The molecule has 134 heavy (non-hydrogen) atoms. The molecule has 0 bridgehead atoms. The van der Waals surface area contributed by atoms with Crippen molar-refractivity contribution in [3.63, 3.8) is 0 Å². The van der Waals surface area contributed by atoms with E-state index in [2.05, 4.69) is 63.5 Å². The number of likely N-dealkylation sites (N-methyl/N-ethyl adjacent to an activating group) is 3. The molecule has 3 saturated heterocycles. The van der Waals surface area contributed by atoms with Crippen LogP contribution < -0.4 is 81.4 Å². The molecule has 5 heterocycles. The number of hydrogen-bond acceptors (Lipinski definition) is 23. The van der Waals surface area contributed by atoms with E-state index in [-0.39, 0.29) is 108 Å². The van der Waals surface area contributed by atoms with Crippen LogP contribution in [0.1, 0.15) is 154 Å². The van der Waals surface area contributed by atoms with Crippen LogP contribution in [-0.4, -0.2) is 302 Å². The van der Waals surface area contributed by atoms with Crippen LogP contribution in [-0.2, 0) is 106 Å². The standard InChI is InChI=1S/C90H128N22O20S2/c1-9-11-24-67-82(125)101-58(23-17-34-96-90(94)95)78(121)107-66(77(120)98-45-74(93)117)47-133-48-75(118)99-63(39-51-29-31-54(114)32-30-51)85(128)108(6)50(5)76(119)104-65(43-73(92)116)88(131)112-36-19-27-69(112)84(127)103-61(42-72(91)115)81(124)105-62(38-49(3)4)87(130)111-35-18-26-68(111)83(126)102-60(40-52-44-97-57-22-15-13-20-55(52)57)80(123)100-59(33-37-113)79(122)106-64(41-53-46-134-71-28-16-14-21-56(53)71)86(129)110(8)70(25-12-10-2)89(132)109(67)7/h13-16,20-22,28-32,44,46,49-50,58-70,97,113-114H,9-12,17-19,23-27,33-43,45,47-48H2,1-8H3,(H2,91,115)(H2,92,116)(H2,93,117)(H,98,120)(H,99,118)(H,100,123)(H,101,125)(H,102,126)(H,103,127)(H,104,119)(H,105,124)(H,106,122)(H,107,121)(H4,94,95,96)/t50-,58-,59-,60-,61-,62-,63-,64-,65-,66?,67-,68-,69-,70-/m0/s1. The van der Waals surface area contributed by atoms with Crippen LogP contribution in [0.15, 0.2) is 84.4 Å². The van der Waals surface area contributed by atoms with Gasteiger partial charge in [0.15, 0.2) is 5.96 Å². The Balaban J connectivity index is 1.20. The van der Waals surface area contributed by atoms with E-state index in [1.54, 1.807) is 50.4 Å². The van der Waals surface area contributed by atoms with Gasteiger partial charge in [0.25, 0.3) is 0 Å². The van der Waals surface area contributed by atoms with Crippen molar-refractivity contribution >= 4 is 156 Å². The Kier molecular flexibility index (Phi) is 40.7. The largest absolute Gasteiger partial charge is 0.508 e. The molecule has 2 aromatic heterocycles. The summed E-state index contributed by atoms with van der Waals surface area (Å²) in [6, 6.07) is -1.62. The number of aromatic nitrogens is 1. The number of rotatable bonds is 27. The van der Waals surface area contributed by atoms with Crippen molar-refractivity contribution in [3.8, 4) is 5.75 Å². The number of nitrogens with one attached hydrogen (secondary N) is 13. The van der Waals surface area contributed by atoms with E-state index in [4.69, 9.17) is 28.3 Å². The zero-order chi connectivity index (χ0) is 98.3. The first-order chi connectivity index (χ1) is 63.7. The summed E-state index contributed by atoms with van der Waals surface area (Å²) in [5, 5.41) is 61.0. The van der Waals surface area contributed by atoms with E-state index in [1.807, 2.05) is 37.4 Å². The third kappa shape index (κ3) is 30.3. The van der Waals surface area contributed by atoms with E-state index in [0.717, 1.165) is 36.5 Å². The number of hydrogen-bond donors (Lipinski definition) is 19. The minimum absolute atomic E-state index is 0.00900. The number of amides is 18. The summed E-state index contributed by atoms with van der Waals surface area (Å²) in [5.41, 5.74) is 24.6. The van der Waals surface area contributed by atoms with Gasteiger partial charge in [-0.25, -0.2) is 0 Å². The third-order valence-corrected chi connectivity index (χ3v) is 25.9. The molecule has 23 N–H and O–H groups in total. The highest BCUT2D eigenvalue weighted by Gasteiger charge is 2.46. The van der Waals surface area contributed by atoms with E-state index in [0.29, 0.717) is 53.3 Å². The lowest BCUT2D eigenvalue weighted by Gasteiger charge is -2.36.